The molecule has 4 nitrogen and oxygen atoms in total. The van der Waals surface area contributed by atoms with E-state index in [9.17, 15) is 47.9 Å². The molecule has 1 N–H and O–H groups in total. The maximum atomic E-state index is 13.0. The van der Waals surface area contributed by atoms with Crippen molar-refractivity contribution in [2.45, 2.75) is 23.3 Å². The lowest BCUT2D eigenvalue weighted by Crippen LogP contribution is -2.65. The van der Waals surface area contributed by atoms with E-state index in [-0.39, 0.29) is 0 Å². The first kappa shape index (κ1) is 20.2. The SMILES string of the molecule is COCCNS(=O)(=O)C(F)(F)C(F)(F)C(F)(F)C(F)(F)F. The Morgan fingerprint density at radius 3 is 1.67 bits per heavy atom. The van der Waals surface area contributed by atoms with Crippen molar-refractivity contribution in [3.05, 3.63) is 0 Å². The van der Waals surface area contributed by atoms with Gasteiger partial charge in [0.1, 0.15) is 0 Å². The van der Waals surface area contributed by atoms with Gasteiger partial charge < -0.3 is 4.74 Å². The zero-order chi connectivity index (χ0) is 17.3. The van der Waals surface area contributed by atoms with Gasteiger partial charge in [0.15, 0.2) is 0 Å². The number of hydrogen-bond donors (Lipinski definition) is 1. The van der Waals surface area contributed by atoms with Crippen molar-refractivity contribution in [3.63, 3.8) is 0 Å². The van der Waals surface area contributed by atoms with Crippen molar-refractivity contribution in [1.29, 1.82) is 0 Å². The molecule has 0 rings (SSSR count). The summed E-state index contributed by atoms with van der Waals surface area (Å²) >= 11 is 0. The van der Waals surface area contributed by atoms with Gasteiger partial charge in [-0.3, -0.25) is 0 Å². The van der Waals surface area contributed by atoms with Crippen LogP contribution in [-0.4, -0.2) is 52.0 Å². The summed E-state index contributed by atoms with van der Waals surface area (Å²) in [5, 5.41) is -6.72. The Morgan fingerprint density at radius 2 is 1.33 bits per heavy atom. The molecule has 0 unspecified atom stereocenters. The monoisotopic (exact) mass is 357 g/mol. The van der Waals surface area contributed by atoms with Crippen LogP contribution in [0.5, 0.6) is 0 Å². The maximum Gasteiger partial charge on any atom is 0.460 e. The molecule has 128 valence electrons. The van der Waals surface area contributed by atoms with Crippen LogP contribution in [0.3, 0.4) is 0 Å². The number of rotatable bonds is 7. The molecule has 0 aromatic heterocycles. The minimum Gasteiger partial charge on any atom is -0.383 e. The molecular formula is C7H8F9NO3S. The van der Waals surface area contributed by atoms with Gasteiger partial charge in [0.25, 0.3) is 10.0 Å². The number of ether oxygens (including phenoxy) is 1. The van der Waals surface area contributed by atoms with Gasteiger partial charge in [-0.25, -0.2) is 13.1 Å². The maximum absolute atomic E-state index is 13.0. The minimum absolute atomic E-state index is 0.615. The van der Waals surface area contributed by atoms with Gasteiger partial charge in [-0.15, -0.1) is 0 Å². The topological polar surface area (TPSA) is 55.4 Å². The number of nitrogens with one attached hydrogen (secondary N) is 1. The van der Waals surface area contributed by atoms with E-state index in [0.29, 0.717) is 0 Å². The van der Waals surface area contributed by atoms with E-state index in [4.69, 9.17) is 0 Å². The Bertz CT molecular complexity index is 458. The van der Waals surface area contributed by atoms with Crippen molar-refractivity contribution >= 4 is 10.0 Å². The average molecular weight is 357 g/mol. The van der Waals surface area contributed by atoms with Crippen LogP contribution < -0.4 is 4.72 Å². The van der Waals surface area contributed by atoms with Crippen molar-refractivity contribution in [2.24, 2.45) is 0 Å². The fourth-order valence-electron chi connectivity index (χ4n) is 0.898. The highest BCUT2D eigenvalue weighted by molar-refractivity contribution is 7.90. The second-order valence-corrected chi connectivity index (χ2v) is 5.36. The van der Waals surface area contributed by atoms with Crippen molar-refractivity contribution < 1.29 is 52.7 Å². The smallest absolute Gasteiger partial charge is 0.383 e. The molecule has 0 saturated heterocycles. The molecule has 0 spiro atoms. The Labute approximate surface area is 112 Å². The largest absolute Gasteiger partial charge is 0.460 e. The molecule has 0 aromatic rings. The van der Waals surface area contributed by atoms with Crippen molar-refractivity contribution in [1.82, 2.24) is 4.72 Å². The second-order valence-electron chi connectivity index (χ2n) is 3.55. The fraction of sp³-hybridized carbons (Fsp3) is 1.00. The number of halogens is 9. The van der Waals surface area contributed by atoms with Crippen LogP contribution in [-0.2, 0) is 14.8 Å². The summed E-state index contributed by atoms with van der Waals surface area (Å²) in [5.74, 6) is -14.5. The molecule has 0 fully saturated rings. The standard InChI is InChI=1S/C7H8F9NO3S/c1-20-3-2-17-21(18,19)7(15,16)5(10,11)4(8,9)6(12,13)14/h17H,2-3H2,1H3. The van der Waals surface area contributed by atoms with Crippen LogP contribution in [0.4, 0.5) is 39.5 Å². The quantitative estimate of drug-likeness (QED) is 0.560. The molecule has 0 radical (unpaired) electrons. The molecule has 0 heterocycles. The molecule has 0 aliphatic carbocycles. The first-order valence-electron chi connectivity index (χ1n) is 4.74. The molecule has 0 aliphatic heterocycles. The molecule has 0 aliphatic rings. The molecule has 0 saturated carbocycles. The highest BCUT2D eigenvalue weighted by Crippen LogP contribution is 2.54. The Hall–Kier alpha value is -0.760. The molecular weight excluding hydrogens is 349 g/mol. The van der Waals surface area contributed by atoms with E-state index in [2.05, 4.69) is 4.74 Å². The van der Waals surface area contributed by atoms with E-state index < -0.39 is 46.5 Å². The van der Waals surface area contributed by atoms with Crippen LogP contribution in [0.15, 0.2) is 0 Å². The zero-order valence-electron chi connectivity index (χ0n) is 9.95. The first-order valence-corrected chi connectivity index (χ1v) is 6.23. The number of hydrogen-bond acceptors (Lipinski definition) is 3. The van der Waals surface area contributed by atoms with Gasteiger partial charge >= 0.3 is 23.3 Å². The summed E-state index contributed by atoms with van der Waals surface area (Å²) in [4.78, 5) is 0. The van der Waals surface area contributed by atoms with Crippen LogP contribution in [0.1, 0.15) is 0 Å². The van der Waals surface area contributed by atoms with Gasteiger partial charge in [0.2, 0.25) is 0 Å². The van der Waals surface area contributed by atoms with E-state index in [0.717, 1.165) is 11.8 Å². The van der Waals surface area contributed by atoms with Gasteiger partial charge in [0.05, 0.1) is 6.61 Å². The molecule has 0 aromatic carbocycles. The van der Waals surface area contributed by atoms with E-state index in [1.54, 1.807) is 0 Å². The third kappa shape index (κ3) is 3.36. The normalized spacial score (nSPS) is 15.3. The van der Waals surface area contributed by atoms with E-state index >= 15 is 0 Å². The highest BCUT2D eigenvalue weighted by Gasteiger charge is 2.85. The number of alkyl halides is 9. The van der Waals surface area contributed by atoms with Crippen LogP contribution >= 0.6 is 0 Å². The minimum atomic E-state index is -7.26. The fourth-order valence-corrected chi connectivity index (χ4v) is 1.90. The van der Waals surface area contributed by atoms with Gasteiger partial charge in [-0.1, -0.05) is 0 Å². The summed E-state index contributed by atoms with van der Waals surface area (Å²) in [6, 6.07) is 0. The van der Waals surface area contributed by atoms with Gasteiger partial charge in [-0.05, 0) is 0 Å². The predicted molar refractivity (Wildman–Crippen MR) is 49.7 cm³/mol. The molecule has 21 heavy (non-hydrogen) atoms. The lowest BCUT2D eigenvalue weighted by atomic mass is 10.1. The van der Waals surface area contributed by atoms with E-state index in [1.165, 1.54) is 0 Å². The van der Waals surface area contributed by atoms with E-state index in [1.807, 2.05) is 0 Å². The summed E-state index contributed by atoms with van der Waals surface area (Å²) in [7, 11) is -5.57. The second kappa shape index (κ2) is 5.79. The zero-order valence-corrected chi connectivity index (χ0v) is 10.8. The van der Waals surface area contributed by atoms with Crippen molar-refractivity contribution in [3.8, 4) is 0 Å². The summed E-state index contributed by atoms with van der Waals surface area (Å²) in [6.45, 7) is -1.65. The number of sulfonamides is 1. The van der Waals surface area contributed by atoms with Crippen LogP contribution in [0, 0.1) is 0 Å². The third-order valence-corrected chi connectivity index (χ3v) is 3.57. The molecule has 0 atom stereocenters. The lowest BCUT2D eigenvalue weighted by molar-refractivity contribution is -0.382. The lowest BCUT2D eigenvalue weighted by Gasteiger charge is -2.33. The number of methoxy groups -OCH3 is 1. The summed E-state index contributed by atoms with van der Waals surface area (Å²) < 4.78 is 138. The molecule has 14 heteroatoms. The Morgan fingerprint density at radius 1 is 0.905 bits per heavy atom. The average Bonchev–Trinajstić information content (AvgIpc) is 2.26. The molecule has 0 bridgehead atoms. The summed E-state index contributed by atoms with van der Waals surface area (Å²) in [5.41, 5.74) is 0. The first-order chi connectivity index (χ1) is 9.06. The van der Waals surface area contributed by atoms with Gasteiger partial charge in [-0.2, -0.15) is 39.5 Å². The highest BCUT2D eigenvalue weighted by atomic mass is 32.2. The molecule has 0 amide bonds. The third-order valence-electron chi connectivity index (χ3n) is 2.05. The van der Waals surface area contributed by atoms with Crippen molar-refractivity contribution in [2.75, 3.05) is 20.3 Å². The Kier molecular flexibility index (Phi) is 5.58. The van der Waals surface area contributed by atoms with Gasteiger partial charge in [0, 0.05) is 13.7 Å². The Balaban J connectivity index is 5.67. The van der Waals surface area contributed by atoms with Crippen LogP contribution in [0.2, 0.25) is 0 Å². The van der Waals surface area contributed by atoms with Crippen LogP contribution in [0.25, 0.3) is 0 Å². The summed E-state index contributed by atoms with van der Waals surface area (Å²) in [6.07, 6.45) is -7.08. The predicted octanol–water partition coefficient (Wildman–Crippen LogP) is 1.98.